The summed E-state index contributed by atoms with van der Waals surface area (Å²) in [5.74, 6) is 1.32. The molecule has 3 rings (SSSR count). The summed E-state index contributed by atoms with van der Waals surface area (Å²) in [6.07, 6.45) is 0. The van der Waals surface area contributed by atoms with Crippen LogP contribution < -0.4 is 5.73 Å². The smallest absolute Gasteiger partial charge is 0.164 e. The molecule has 0 atom stereocenters. The largest absolute Gasteiger partial charge is 0.383 e. The van der Waals surface area contributed by atoms with Gasteiger partial charge in [-0.3, -0.25) is 0 Å². The summed E-state index contributed by atoms with van der Waals surface area (Å²) in [5, 5.41) is 5.18. The van der Waals surface area contributed by atoms with E-state index in [4.69, 9.17) is 5.73 Å². The lowest BCUT2D eigenvalue weighted by molar-refractivity contribution is 1.24. The second-order valence-corrected chi connectivity index (χ2v) is 6.31. The minimum Gasteiger partial charge on any atom is -0.383 e. The predicted molar refractivity (Wildman–Crippen MR) is 79.4 cm³/mol. The molecule has 0 saturated carbocycles. The zero-order valence-corrected chi connectivity index (χ0v) is 12.1. The molecule has 0 aromatic carbocycles. The molecule has 0 saturated heterocycles. The van der Waals surface area contributed by atoms with Crippen LogP contribution in [0.1, 0.15) is 16.0 Å². The third-order valence-electron chi connectivity index (χ3n) is 3.15. The van der Waals surface area contributed by atoms with Crippen molar-refractivity contribution < 1.29 is 0 Å². The maximum atomic E-state index is 6.09. The average molecular weight is 275 g/mol. The molecule has 0 radical (unpaired) electrons. The molecule has 18 heavy (non-hydrogen) atoms. The van der Waals surface area contributed by atoms with E-state index < -0.39 is 0 Å². The Morgan fingerprint density at radius 1 is 1.11 bits per heavy atom. The Balaban J connectivity index is 2.31. The molecule has 0 aliphatic carbocycles. The van der Waals surface area contributed by atoms with Crippen LogP contribution in [0.2, 0.25) is 0 Å². The highest BCUT2D eigenvalue weighted by Gasteiger charge is 2.14. The molecule has 3 aromatic rings. The predicted octanol–water partition coefficient (Wildman–Crippen LogP) is 3.93. The van der Waals surface area contributed by atoms with Gasteiger partial charge in [0.15, 0.2) is 5.82 Å². The van der Waals surface area contributed by atoms with Crippen LogP contribution in [0.15, 0.2) is 10.8 Å². The van der Waals surface area contributed by atoms with Gasteiger partial charge in [0, 0.05) is 15.8 Å². The van der Waals surface area contributed by atoms with Crippen LogP contribution in [-0.2, 0) is 0 Å². The maximum absolute atomic E-state index is 6.09. The molecule has 0 amide bonds. The number of fused-ring (bicyclic) bond motifs is 1. The highest BCUT2D eigenvalue weighted by Crippen LogP contribution is 2.34. The number of nitrogen functional groups attached to an aromatic ring is 1. The van der Waals surface area contributed by atoms with Gasteiger partial charge in [0.1, 0.15) is 10.6 Å². The van der Waals surface area contributed by atoms with Gasteiger partial charge < -0.3 is 5.73 Å². The quantitative estimate of drug-likeness (QED) is 0.732. The molecule has 0 fully saturated rings. The Morgan fingerprint density at radius 2 is 1.89 bits per heavy atom. The minimum atomic E-state index is 0.586. The van der Waals surface area contributed by atoms with E-state index in [0.717, 1.165) is 21.6 Å². The summed E-state index contributed by atoms with van der Waals surface area (Å²) in [6.45, 7) is 6.24. The first-order valence-electron chi connectivity index (χ1n) is 5.64. The van der Waals surface area contributed by atoms with Gasteiger partial charge in [-0.25, -0.2) is 9.97 Å². The summed E-state index contributed by atoms with van der Waals surface area (Å²) >= 11 is 3.35. The highest BCUT2D eigenvalue weighted by molar-refractivity contribution is 7.18. The molecular formula is C13H13N3S2. The lowest BCUT2D eigenvalue weighted by Crippen LogP contribution is -1.97. The molecule has 3 nitrogen and oxygen atoms in total. The Bertz CT molecular complexity index is 740. The van der Waals surface area contributed by atoms with Crippen LogP contribution in [0.5, 0.6) is 0 Å². The Hall–Kier alpha value is -1.46. The molecule has 0 aliphatic heterocycles. The van der Waals surface area contributed by atoms with Crippen molar-refractivity contribution >= 4 is 38.7 Å². The Labute approximate surface area is 113 Å². The fraction of sp³-hybridized carbons (Fsp3) is 0.231. The van der Waals surface area contributed by atoms with Gasteiger partial charge in [-0.05, 0) is 37.3 Å². The molecule has 3 heterocycles. The van der Waals surface area contributed by atoms with Gasteiger partial charge in [0.05, 0.1) is 5.39 Å². The lowest BCUT2D eigenvalue weighted by atomic mass is 10.2. The number of anilines is 1. The number of nitrogens with zero attached hydrogens (tertiary/aromatic N) is 2. The van der Waals surface area contributed by atoms with Gasteiger partial charge in [-0.2, -0.15) is 11.3 Å². The SMILES string of the molecule is Cc1cscc1-c1nc(N)c2c(C)c(C)sc2n1. The number of aryl methyl sites for hydroxylation is 3. The molecule has 0 spiro atoms. The Kier molecular flexibility index (Phi) is 2.60. The standard InChI is InChI=1S/C13H13N3S2/c1-6-4-17-5-9(6)12-15-11(14)10-7(2)8(3)18-13(10)16-12/h4-5H,1-3H3,(H2,14,15,16). The molecule has 3 aromatic heterocycles. The van der Waals surface area contributed by atoms with Crippen molar-refractivity contribution in [2.45, 2.75) is 20.8 Å². The molecule has 0 unspecified atom stereocenters. The summed E-state index contributed by atoms with van der Waals surface area (Å²) < 4.78 is 0. The van der Waals surface area contributed by atoms with Crippen LogP contribution in [0, 0.1) is 20.8 Å². The van der Waals surface area contributed by atoms with Gasteiger partial charge in [0.25, 0.3) is 0 Å². The van der Waals surface area contributed by atoms with Crippen molar-refractivity contribution in [3.8, 4) is 11.4 Å². The van der Waals surface area contributed by atoms with Crippen molar-refractivity contribution in [1.82, 2.24) is 9.97 Å². The van der Waals surface area contributed by atoms with E-state index in [1.807, 2.05) is 0 Å². The fourth-order valence-electron chi connectivity index (χ4n) is 1.99. The van der Waals surface area contributed by atoms with Gasteiger partial charge in [-0.15, -0.1) is 11.3 Å². The second kappa shape index (κ2) is 4.03. The summed E-state index contributed by atoms with van der Waals surface area (Å²) in [7, 11) is 0. The van der Waals surface area contributed by atoms with Crippen LogP contribution >= 0.6 is 22.7 Å². The Morgan fingerprint density at radius 3 is 2.56 bits per heavy atom. The van der Waals surface area contributed by atoms with Crippen LogP contribution in [0.25, 0.3) is 21.6 Å². The van der Waals surface area contributed by atoms with Crippen molar-refractivity contribution in [1.29, 1.82) is 0 Å². The van der Waals surface area contributed by atoms with E-state index in [2.05, 4.69) is 41.5 Å². The van der Waals surface area contributed by atoms with E-state index in [1.165, 1.54) is 16.0 Å². The van der Waals surface area contributed by atoms with Crippen molar-refractivity contribution in [3.05, 3.63) is 26.8 Å². The number of aromatic nitrogens is 2. The van der Waals surface area contributed by atoms with Crippen LogP contribution in [0.4, 0.5) is 5.82 Å². The number of rotatable bonds is 1. The van der Waals surface area contributed by atoms with Crippen LogP contribution in [0.3, 0.4) is 0 Å². The monoisotopic (exact) mass is 275 g/mol. The summed E-state index contributed by atoms with van der Waals surface area (Å²) in [6, 6.07) is 0. The van der Waals surface area contributed by atoms with E-state index in [9.17, 15) is 0 Å². The highest BCUT2D eigenvalue weighted by atomic mass is 32.1. The molecule has 2 N–H and O–H groups in total. The average Bonchev–Trinajstić information content (AvgIpc) is 2.84. The molecule has 92 valence electrons. The van der Waals surface area contributed by atoms with E-state index in [-0.39, 0.29) is 0 Å². The molecule has 0 aliphatic rings. The normalized spacial score (nSPS) is 11.3. The minimum absolute atomic E-state index is 0.586. The zero-order chi connectivity index (χ0) is 12.9. The summed E-state index contributed by atoms with van der Waals surface area (Å²) in [4.78, 5) is 11.4. The second-order valence-electron chi connectivity index (χ2n) is 4.36. The van der Waals surface area contributed by atoms with Crippen LogP contribution in [-0.4, -0.2) is 9.97 Å². The molecular weight excluding hydrogens is 262 g/mol. The first-order valence-corrected chi connectivity index (χ1v) is 7.40. The van der Waals surface area contributed by atoms with Crippen molar-refractivity contribution in [2.24, 2.45) is 0 Å². The maximum Gasteiger partial charge on any atom is 0.164 e. The number of hydrogen-bond donors (Lipinski definition) is 1. The van der Waals surface area contributed by atoms with Gasteiger partial charge in [-0.1, -0.05) is 0 Å². The third kappa shape index (κ3) is 1.62. The number of nitrogens with two attached hydrogens (primary N) is 1. The summed E-state index contributed by atoms with van der Waals surface area (Å²) in [5.41, 5.74) is 9.56. The molecule has 0 bridgehead atoms. The number of thiophene rings is 2. The fourth-order valence-corrected chi connectivity index (χ4v) is 3.85. The topological polar surface area (TPSA) is 51.8 Å². The van der Waals surface area contributed by atoms with E-state index in [1.54, 1.807) is 22.7 Å². The number of hydrogen-bond acceptors (Lipinski definition) is 5. The van der Waals surface area contributed by atoms with E-state index >= 15 is 0 Å². The van der Waals surface area contributed by atoms with Crippen molar-refractivity contribution in [3.63, 3.8) is 0 Å². The first-order chi connectivity index (χ1) is 8.58. The lowest BCUT2D eigenvalue weighted by Gasteiger charge is -2.02. The van der Waals surface area contributed by atoms with Gasteiger partial charge >= 0.3 is 0 Å². The first kappa shape index (κ1) is 11.6. The molecule has 5 heteroatoms. The van der Waals surface area contributed by atoms with Crippen molar-refractivity contribution in [2.75, 3.05) is 5.73 Å². The zero-order valence-electron chi connectivity index (χ0n) is 10.4. The van der Waals surface area contributed by atoms with E-state index in [0.29, 0.717) is 5.82 Å². The third-order valence-corrected chi connectivity index (χ3v) is 5.12. The van der Waals surface area contributed by atoms with Gasteiger partial charge in [0.2, 0.25) is 0 Å².